The smallest absolute Gasteiger partial charge is 0.328 e. The van der Waals surface area contributed by atoms with E-state index >= 15 is 0 Å². The highest BCUT2D eigenvalue weighted by Gasteiger charge is 2.33. The summed E-state index contributed by atoms with van der Waals surface area (Å²) in [5.74, 6) is -1.76. The van der Waals surface area contributed by atoms with Crippen LogP contribution in [0.4, 0.5) is 0 Å². The Morgan fingerprint density at radius 3 is 2.68 bits per heavy atom. The molecule has 1 aliphatic heterocycles. The molecule has 6 nitrogen and oxygen atoms in total. The Bertz CT molecular complexity index is 818. The Labute approximate surface area is 184 Å². The van der Waals surface area contributed by atoms with E-state index < -0.39 is 24.0 Å². The zero-order valence-electron chi connectivity index (χ0n) is 14.7. The molecule has 1 aliphatic rings. The molecule has 0 aliphatic carbocycles. The monoisotopic (exact) mass is 466 g/mol. The Hall–Kier alpha value is -1.35. The molecule has 0 radical (unpaired) electrons. The topological polar surface area (TPSA) is 92.9 Å². The van der Waals surface area contributed by atoms with Crippen LogP contribution in [-0.4, -0.2) is 41.1 Å². The minimum Gasteiger partial charge on any atom is -0.480 e. The third-order valence-corrected chi connectivity index (χ3v) is 5.71. The van der Waals surface area contributed by atoms with Gasteiger partial charge in [0.15, 0.2) is 0 Å². The third-order valence-electron chi connectivity index (χ3n) is 4.35. The highest BCUT2D eigenvalue weighted by atomic mass is 35.5. The lowest BCUT2D eigenvalue weighted by molar-refractivity contribution is -0.153. The van der Waals surface area contributed by atoms with Gasteiger partial charge in [0.2, 0.25) is 0 Å². The molecule has 0 spiro atoms. The summed E-state index contributed by atoms with van der Waals surface area (Å²) >= 11 is 8.04. The molecule has 0 unspecified atom stereocenters. The fourth-order valence-electron chi connectivity index (χ4n) is 2.98. The summed E-state index contributed by atoms with van der Waals surface area (Å²) < 4.78 is 5.22. The van der Waals surface area contributed by atoms with Crippen molar-refractivity contribution in [1.82, 2.24) is 4.90 Å². The number of carbonyl (C=O) groups is 2. The van der Waals surface area contributed by atoms with Crippen LogP contribution in [0.15, 0.2) is 35.7 Å². The predicted octanol–water partition coefficient (Wildman–Crippen LogP) is 3.30. The lowest BCUT2D eigenvalue weighted by Gasteiger charge is -2.33. The first kappa shape index (κ1) is 24.7. The summed E-state index contributed by atoms with van der Waals surface area (Å²) in [5, 5.41) is 11.4. The molecular formula is C18H21Cl3N2O4S. The van der Waals surface area contributed by atoms with Crippen LogP contribution in [0.5, 0.6) is 0 Å². The zero-order valence-corrected chi connectivity index (χ0v) is 18.0. The van der Waals surface area contributed by atoms with Gasteiger partial charge in [0.1, 0.15) is 18.7 Å². The Morgan fingerprint density at radius 1 is 1.29 bits per heavy atom. The Balaban J connectivity index is 0.00000196. The molecule has 0 saturated carbocycles. The maximum Gasteiger partial charge on any atom is 0.328 e. The van der Waals surface area contributed by atoms with Crippen molar-refractivity contribution in [2.75, 3.05) is 13.2 Å². The molecule has 1 aromatic heterocycles. The Morgan fingerprint density at radius 2 is 2.00 bits per heavy atom. The zero-order chi connectivity index (χ0) is 18.7. The number of benzene rings is 1. The molecule has 2 heterocycles. The van der Waals surface area contributed by atoms with Gasteiger partial charge in [-0.05, 0) is 35.1 Å². The molecule has 2 atom stereocenters. The highest BCUT2D eigenvalue weighted by molar-refractivity contribution is 7.10. The van der Waals surface area contributed by atoms with Gasteiger partial charge in [0.05, 0.1) is 0 Å². The minimum atomic E-state index is -1.25. The van der Waals surface area contributed by atoms with Crippen molar-refractivity contribution in [2.24, 2.45) is 5.73 Å². The molecule has 154 valence electrons. The van der Waals surface area contributed by atoms with Crippen molar-refractivity contribution in [3.05, 3.63) is 56.7 Å². The first-order valence-electron chi connectivity index (χ1n) is 8.16. The van der Waals surface area contributed by atoms with E-state index in [9.17, 15) is 9.59 Å². The Kier molecular flexibility index (Phi) is 9.69. The third kappa shape index (κ3) is 5.59. The lowest BCUT2D eigenvalue weighted by Crippen LogP contribution is -2.41. The fourth-order valence-corrected chi connectivity index (χ4v) is 4.11. The number of hydrogen-bond acceptors (Lipinski definition) is 6. The largest absolute Gasteiger partial charge is 0.480 e. The summed E-state index contributed by atoms with van der Waals surface area (Å²) in [6.45, 7) is 0.908. The van der Waals surface area contributed by atoms with Crippen LogP contribution in [-0.2, 0) is 27.3 Å². The van der Waals surface area contributed by atoms with E-state index in [0.717, 1.165) is 6.42 Å². The second-order valence-corrected chi connectivity index (χ2v) is 7.50. The first-order chi connectivity index (χ1) is 12.5. The van der Waals surface area contributed by atoms with Gasteiger partial charge in [-0.25, -0.2) is 4.79 Å². The van der Waals surface area contributed by atoms with Crippen LogP contribution in [0, 0.1) is 0 Å². The summed E-state index contributed by atoms with van der Waals surface area (Å²) in [6.07, 6.45) is 0.843. The van der Waals surface area contributed by atoms with Crippen molar-refractivity contribution in [1.29, 1.82) is 0 Å². The van der Waals surface area contributed by atoms with Crippen molar-refractivity contribution in [2.45, 2.75) is 25.0 Å². The molecule has 0 saturated heterocycles. The van der Waals surface area contributed by atoms with Crippen LogP contribution >= 0.6 is 47.8 Å². The van der Waals surface area contributed by atoms with E-state index in [4.69, 9.17) is 27.2 Å². The molecule has 28 heavy (non-hydrogen) atoms. The molecular weight excluding hydrogens is 447 g/mol. The summed E-state index contributed by atoms with van der Waals surface area (Å²) in [6, 6.07) is 7.20. The van der Waals surface area contributed by atoms with Crippen LogP contribution in [0.3, 0.4) is 0 Å². The maximum atomic E-state index is 12.8. The normalized spacial score (nSPS) is 15.4. The first-order valence-corrected chi connectivity index (χ1v) is 9.42. The number of ether oxygens (including phenoxy) is 1. The van der Waals surface area contributed by atoms with Gasteiger partial charge < -0.3 is 15.6 Å². The number of hydrogen-bond donors (Lipinski definition) is 2. The number of carboxylic acids is 1. The van der Waals surface area contributed by atoms with E-state index in [2.05, 4.69) is 6.07 Å². The number of rotatable bonds is 6. The highest BCUT2D eigenvalue weighted by Crippen LogP contribution is 2.34. The van der Waals surface area contributed by atoms with Gasteiger partial charge in [-0.2, -0.15) is 0 Å². The maximum absolute atomic E-state index is 12.8. The summed E-state index contributed by atoms with van der Waals surface area (Å²) in [4.78, 5) is 27.0. The van der Waals surface area contributed by atoms with Gasteiger partial charge >= 0.3 is 11.9 Å². The van der Waals surface area contributed by atoms with Crippen LogP contribution < -0.4 is 5.73 Å². The number of aliphatic carboxylic acids is 1. The van der Waals surface area contributed by atoms with E-state index in [0.29, 0.717) is 23.7 Å². The second-order valence-electron chi connectivity index (χ2n) is 6.09. The number of fused-ring (bicyclic) bond motifs is 1. The molecule has 0 bridgehead atoms. The van der Waals surface area contributed by atoms with Gasteiger partial charge in [-0.15, -0.1) is 36.2 Å². The van der Waals surface area contributed by atoms with Crippen LogP contribution in [0.2, 0.25) is 5.02 Å². The average molecular weight is 468 g/mol. The van der Waals surface area contributed by atoms with Crippen molar-refractivity contribution in [3.8, 4) is 0 Å². The van der Waals surface area contributed by atoms with Crippen LogP contribution in [0.1, 0.15) is 22.0 Å². The number of nitrogens with two attached hydrogens (primary N) is 1. The average Bonchev–Trinajstić information content (AvgIpc) is 3.09. The quantitative estimate of drug-likeness (QED) is 0.633. The number of carbonyl (C=O) groups excluding carboxylic acids is 1. The number of esters is 1. The SMILES string of the molecule is Cl.Cl.N[C@@H](COC(=O)[C@H](c1ccccc1Cl)N1CCc2sccc2C1)C(=O)O. The van der Waals surface area contributed by atoms with Gasteiger partial charge in [-0.1, -0.05) is 29.8 Å². The van der Waals surface area contributed by atoms with Crippen molar-refractivity contribution >= 4 is 59.7 Å². The van der Waals surface area contributed by atoms with Gasteiger partial charge in [0, 0.05) is 23.0 Å². The number of thiophene rings is 1. The van der Waals surface area contributed by atoms with E-state index in [1.165, 1.54) is 10.4 Å². The van der Waals surface area contributed by atoms with Crippen molar-refractivity contribution < 1.29 is 19.4 Å². The minimum absolute atomic E-state index is 0. The van der Waals surface area contributed by atoms with E-state index in [1.54, 1.807) is 29.5 Å². The van der Waals surface area contributed by atoms with Gasteiger partial charge in [-0.3, -0.25) is 9.69 Å². The molecule has 3 rings (SSSR count). The van der Waals surface area contributed by atoms with Gasteiger partial charge in [0.25, 0.3) is 0 Å². The molecule has 10 heteroatoms. The fraction of sp³-hybridized carbons (Fsp3) is 0.333. The standard InChI is InChI=1S/C18H19ClN2O4S.2ClH/c19-13-4-2-1-3-12(13)16(18(24)25-10-14(20)17(22)23)21-7-5-15-11(9-21)6-8-26-15;;/h1-4,6,8,14,16H,5,7,9-10,20H2,(H,22,23);2*1H/t14-,16-;;/m0../s1. The summed E-state index contributed by atoms with van der Waals surface area (Å²) in [7, 11) is 0. The molecule has 0 fully saturated rings. The molecule has 1 aromatic carbocycles. The second kappa shape index (κ2) is 11.0. The molecule has 0 amide bonds. The van der Waals surface area contributed by atoms with Crippen LogP contribution in [0.25, 0.3) is 0 Å². The van der Waals surface area contributed by atoms with E-state index in [-0.39, 0.29) is 31.4 Å². The number of halogens is 3. The van der Waals surface area contributed by atoms with E-state index in [1.807, 2.05) is 16.3 Å². The predicted molar refractivity (Wildman–Crippen MR) is 114 cm³/mol. The summed E-state index contributed by atoms with van der Waals surface area (Å²) in [5.41, 5.74) is 7.28. The number of carboxylic acid groups (broad SMARTS) is 1. The van der Waals surface area contributed by atoms with Crippen molar-refractivity contribution in [3.63, 3.8) is 0 Å². The molecule has 3 N–H and O–H groups in total. The number of nitrogens with zero attached hydrogens (tertiary/aromatic N) is 1. The lowest BCUT2D eigenvalue weighted by atomic mass is 10.0. The molecule has 2 aromatic rings.